The molecule has 23 heavy (non-hydrogen) atoms. The van der Waals surface area contributed by atoms with Crippen LogP contribution in [0.25, 0.3) is 0 Å². The normalized spacial score (nSPS) is 10.2. The van der Waals surface area contributed by atoms with E-state index in [4.69, 9.17) is 12.2 Å². The summed E-state index contributed by atoms with van der Waals surface area (Å²) in [7, 11) is 2.07. The van der Waals surface area contributed by atoms with E-state index in [-0.39, 0.29) is 5.82 Å². The Bertz CT molecular complexity index is 652. The Kier molecular flexibility index (Phi) is 6.80. The van der Waals surface area contributed by atoms with Gasteiger partial charge in [0.05, 0.1) is 5.69 Å². The van der Waals surface area contributed by atoms with Crippen LogP contribution in [-0.2, 0) is 0 Å². The Morgan fingerprint density at radius 3 is 2.65 bits per heavy atom. The van der Waals surface area contributed by atoms with Crippen LogP contribution in [0.5, 0.6) is 0 Å². The van der Waals surface area contributed by atoms with Crippen molar-refractivity contribution < 1.29 is 4.39 Å². The molecule has 0 aliphatic rings. The lowest BCUT2D eigenvalue weighted by Gasteiger charge is -2.19. The number of thiocarbonyl (C=S) groups is 1. The Morgan fingerprint density at radius 1 is 1.22 bits per heavy atom. The molecule has 0 heterocycles. The summed E-state index contributed by atoms with van der Waals surface area (Å²) in [5, 5.41) is 6.74. The molecule has 0 saturated carbocycles. The molecule has 0 aliphatic carbocycles. The molecule has 3 nitrogen and oxygen atoms in total. The lowest BCUT2D eigenvalue weighted by molar-refractivity contribution is 0.627. The van der Waals surface area contributed by atoms with Gasteiger partial charge in [-0.2, -0.15) is 0 Å². The molecule has 0 unspecified atom stereocenters. The van der Waals surface area contributed by atoms with Gasteiger partial charge in [0.25, 0.3) is 0 Å². The van der Waals surface area contributed by atoms with Crippen LogP contribution in [0.2, 0.25) is 0 Å². The Labute approximate surface area is 150 Å². The molecule has 6 heteroatoms. The highest BCUT2D eigenvalue weighted by molar-refractivity contribution is 9.10. The van der Waals surface area contributed by atoms with Gasteiger partial charge in [0, 0.05) is 30.3 Å². The van der Waals surface area contributed by atoms with Gasteiger partial charge in [-0.3, -0.25) is 0 Å². The molecule has 122 valence electrons. The second-order valence-electron chi connectivity index (χ2n) is 5.12. The number of para-hydroxylation sites is 1. The van der Waals surface area contributed by atoms with Crippen LogP contribution in [0.3, 0.4) is 0 Å². The first-order valence-electron chi connectivity index (χ1n) is 7.32. The summed E-state index contributed by atoms with van der Waals surface area (Å²) >= 11 is 8.56. The first-order valence-corrected chi connectivity index (χ1v) is 8.52. The molecule has 2 rings (SSSR count). The van der Waals surface area contributed by atoms with Gasteiger partial charge >= 0.3 is 0 Å². The lowest BCUT2D eigenvalue weighted by Crippen LogP contribution is -2.31. The SMILES string of the molecule is CN(CCCNC(=S)Nc1ccc(F)cc1Br)c1ccccc1. The first kappa shape index (κ1) is 17.7. The maximum Gasteiger partial charge on any atom is 0.170 e. The minimum Gasteiger partial charge on any atom is -0.375 e. The summed E-state index contributed by atoms with van der Waals surface area (Å²) < 4.78 is 13.7. The topological polar surface area (TPSA) is 27.3 Å². The second-order valence-corrected chi connectivity index (χ2v) is 6.38. The summed E-state index contributed by atoms with van der Waals surface area (Å²) in [4.78, 5) is 2.20. The summed E-state index contributed by atoms with van der Waals surface area (Å²) in [5.41, 5.74) is 1.94. The Morgan fingerprint density at radius 2 is 1.96 bits per heavy atom. The van der Waals surface area contributed by atoms with E-state index in [0.717, 1.165) is 25.2 Å². The van der Waals surface area contributed by atoms with Gasteiger partial charge in [-0.05, 0) is 64.9 Å². The quantitative estimate of drug-likeness (QED) is 0.559. The molecular weight excluding hydrogens is 377 g/mol. The molecule has 0 atom stereocenters. The van der Waals surface area contributed by atoms with Crippen molar-refractivity contribution in [2.24, 2.45) is 0 Å². The van der Waals surface area contributed by atoms with E-state index < -0.39 is 0 Å². The van der Waals surface area contributed by atoms with E-state index in [1.54, 1.807) is 6.07 Å². The average molecular weight is 396 g/mol. The lowest BCUT2D eigenvalue weighted by atomic mass is 10.3. The highest BCUT2D eigenvalue weighted by Gasteiger charge is 2.04. The van der Waals surface area contributed by atoms with Gasteiger partial charge in [0.2, 0.25) is 0 Å². The van der Waals surface area contributed by atoms with Crippen LogP contribution in [0.1, 0.15) is 6.42 Å². The molecule has 0 aromatic heterocycles. The number of nitrogens with zero attached hydrogens (tertiary/aromatic N) is 1. The average Bonchev–Trinajstić information content (AvgIpc) is 2.55. The third-order valence-corrected chi connectivity index (χ3v) is 4.23. The molecule has 0 bridgehead atoms. The molecule has 2 N–H and O–H groups in total. The molecule has 0 amide bonds. The summed E-state index contributed by atoms with van der Waals surface area (Å²) in [6.07, 6.45) is 0.956. The molecule has 0 radical (unpaired) electrons. The fraction of sp³-hybridized carbons (Fsp3) is 0.235. The molecule has 0 saturated heterocycles. The predicted octanol–water partition coefficient (Wildman–Crippen LogP) is 4.40. The van der Waals surface area contributed by atoms with Crippen molar-refractivity contribution in [3.8, 4) is 0 Å². The van der Waals surface area contributed by atoms with Gasteiger partial charge in [-0.15, -0.1) is 0 Å². The summed E-state index contributed by atoms with van der Waals surface area (Å²) in [6.45, 7) is 1.70. The van der Waals surface area contributed by atoms with E-state index in [1.807, 2.05) is 18.2 Å². The zero-order chi connectivity index (χ0) is 16.7. The van der Waals surface area contributed by atoms with E-state index >= 15 is 0 Å². The van der Waals surface area contributed by atoms with Crippen LogP contribution >= 0.6 is 28.1 Å². The fourth-order valence-electron chi connectivity index (χ4n) is 2.09. The van der Waals surface area contributed by atoms with E-state index in [1.165, 1.54) is 17.8 Å². The third-order valence-electron chi connectivity index (χ3n) is 3.33. The van der Waals surface area contributed by atoms with Crippen molar-refractivity contribution in [1.82, 2.24) is 5.32 Å². The van der Waals surface area contributed by atoms with E-state index in [0.29, 0.717) is 9.59 Å². The van der Waals surface area contributed by atoms with Gasteiger partial charge in [0.1, 0.15) is 5.82 Å². The zero-order valence-electron chi connectivity index (χ0n) is 12.9. The highest BCUT2D eigenvalue weighted by atomic mass is 79.9. The fourth-order valence-corrected chi connectivity index (χ4v) is 2.75. The molecule has 2 aromatic rings. The maximum atomic E-state index is 13.0. The second kappa shape index (κ2) is 8.84. The minimum atomic E-state index is -0.287. The van der Waals surface area contributed by atoms with Gasteiger partial charge in [-0.25, -0.2) is 4.39 Å². The van der Waals surface area contributed by atoms with Crippen molar-refractivity contribution >= 4 is 44.6 Å². The smallest absolute Gasteiger partial charge is 0.170 e. The first-order chi connectivity index (χ1) is 11.1. The molecule has 2 aromatic carbocycles. The zero-order valence-corrected chi connectivity index (χ0v) is 15.3. The summed E-state index contributed by atoms with van der Waals surface area (Å²) in [5.74, 6) is -0.287. The molecule has 0 fully saturated rings. The van der Waals surface area contributed by atoms with Gasteiger partial charge in [0.15, 0.2) is 5.11 Å². The van der Waals surface area contributed by atoms with Crippen molar-refractivity contribution in [3.63, 3.8) is 0 Å². The van der Waals surface area contributed by atoms with E-state index in [2.05, 4.69) is 50.6 Å². The molecule has 0 aliphatic heterocycles. The largest absolute Gasteiger partial charge is 0.375 e. The standard InChI is InChI=1S/C17H19BrFN3S/c1-22(14-6-3-2-4-7-14)11-5-10-20-17(23)21-16-9-8-13(19)12-15(16)18/h2-4,6-9,12H,5,10-11H2,1H3,(H2,20,21,23). The molecular formula is C17H19BrFN3S. The third kappa shape index (κ3) is 5.80. The van der Waals surface area contributed by atoms with Crippen molar-refractivity contribution in [1.29, 1.82) is 0 Å². The van der Waals surface area contributed by atoms with Gasteiger partial charge < -0.3 is 15.5 Å². The number of rotatable bonds is 6. The number of nitrogens with one attached hydrogen (secondary N) is 2. The van der Waals surface area contributed by atoms with Crippen molar-refractivity contribution in [3.05, 3.63) is 58.8 Å². The maximum absolute atomic E-state index is 13.0. The Hall–Kier alpha value is -1.66. The van der Waals surface area contributed by atoms with Crippen LogP contribution in [0.4, 0.5) is 15.8 Å². The monoisotopic (exact) mass is 395 g/mol. The van der Waals surface area contributed by atoms with Crippen LogP contribution in [-0.4, -0.2) is 25.2 Å². The van der Waals surface area contributed by atoms with E-state index in [9.17, 15) is 4.39 Å². The minimum absolute atomic E-state index is 0.287. The molecule has 0 spiro atoms. The number of halogens is 2. The number of benzene rings is 2. The summed E-state index contributed by atoms with van der Waals surface area (Å²) in [6, 6.07) is 14.7. The Balaban J connectivity index is 1.71. The van der Waals surface area contributed by atoms with Crippen molar-refractivity contribution in [2.45, 2.75) is 6.42 Å². The number of anilines is 2. The van der Waals surface area contributed by atoms with Crippen LogP contribution in [0, 0.1) is 5.82 Å². The number of hydrogen-bond acceptors (Lipinski definition) is 2. The van der Waals surface area contributed by atoms with Crippen molar-refractivity contribution in [2.75, 3.05) is 30.4 Å². The predicted molar refractivity (Wildman–Crippen MR) is 103 cm³/mol. The van der Waals surface area contributed by atoms with Crippen LogP contribution in [0.15, 0.2) is 53.0 Å². The highest BCUT2D eigenvalue weighted by Crippen LogP contribution is 2.22. The van der Waals surface area contributed by atoms with Gasteiger partial charge in [-0.1, -0.05) is 18.2 Å². The van der Waals surface area contributed by atoms with Crippen LogP contribution < -0.4 is 15.5 Å². The number of hydrogen-bond donors (Lipinski definition) is 2.